The summed E-state index contributed by atoms with van der Waals surface area (Å²) in [6, 6.07) is 37.7. The zero-order valence-electron chi connectivity index (χ0n) is 16.2. The first kappa shape index (κ1) is 22.8. The fourth-order valence-corrected chi connectivity index (χ4v) is 8.12. The predicted molar refractivity (Wildman–Crippen MR) is 121 cm³/mol. The van der Waals surface area contributed by atoms with Gasteiger partial charge in [0.05, 0.1) is 0 Å². The lowest BCUT2D eigenvalue weighted by Gasteiger charge is -2.28. The first-order valence-corrected chi connectivity index (χ1v) is 10.9. The summed E-state index contributed by atoms with van der Waals surface area (Å²) in [5, 5.41) is 15.7. The molecule has 0 saturated heterocycles. The second-order valence-corrected chi connectivity index (χ2v) is 10.0. The Morgan fingerprint density at radius 1 is 0.586 bits per heavy atom. The highest BCUT2D eigenvalue weighted by Gasteiger charge is 2.49. The standard InChI is InChI=1S/C25H21OP.BrH.H2O/c1-20-17-18-24(26)25(19-20)27(21-11-5-2-6-12-21,22-13-7-3-8-14-22)23-15-9-4-10-16-23;;/h2-19H,1H3;1H;1H2. The Kier molecular flexibility index (Phi) is 7.75. The molecular formula is C25H24BrO2P. The molecule has 0 aromatic heterocycles. The number of benzene rings is 4. The van der Waals surface area contributed by atoms with Crippen molar-refractivity contribution < 1.29 is 27.6 Å². The Labute approximate surface area is 183 Å². The average Bonchev–Trinajstić information content (AvgIpc) is 2.73. The first-order valence-electron chi connectivity index (χ1n) is 9.09. The highest BCUT2D eigenvalue weighted by atomic mass is 79.9. The Morgan fingerprint density at radius 2 is 0.966 bits per heavy atom. The van der Waals surface area contributed by atoms with Crippen LogP contribution in [0.1, 0.15) is 5.56 Å². The highest BCUT2D eigenvalue weighted by Crippen LogP contribution is 2.56. The Hall–Kier alpha value is -2.45. The van der Waals surface area contributed by atoms with Crippen molar-refractivity contribution in [2.45, 2.75) is 6.92 Å². The SMILES string of the molecule is Cc1ccc(O)c([P+](c2ccccc2)(c2ccccc2)c2ccccc2)c1.O.[Br-]. The van der Waals surface area contributed by atoms with Gasteiger partial charge >= 0.3 is 0 Å². The van der Waals surface area contributed by atoms with Gasteiger partial charge in [0.2, 0.25) is 0 Å². The fourth-order valence-electron chi connectivity index (χ4n) is 3.72. The van der Waals surface area contributed by atoms with Gasteiger partial charge < -0.3 is 27.6 Å². The predicted octanol–water partition coefficient (Wildman–Crippen LogP) is 0.499. The van der Waals surface area contributed by atoms with Crippen LogP contribution >= 0.6 is 7.26 Å². The van der Waals surface area contributed by atoms with E-state index in [9.17, 15) is 5.11 Å². The molecule has 2 nitrogen and oxygen atoms in total. The molecule has 4 rings (SSSR count). The van der Waals surface area contributed by atoms with E-state index in [1.807, 2.05) is 30.3 Å². The maximum atomic E-state index is 11.0. The number of hydrogen-bond donors (Lipinski definition) is 1. The molecule has 0 aliphatic heterocycles. The van der Waals surface area contributed by atoms with Crippen molar-refractivity contribution in [2.75, 3.05) is 0 Å². The van der Waals surface area contributed by atoms with Gasteiger partial charge in [-0.25, -0.2) is 0 Å². The Balaban J connectivity index is 0.00000150. The third kappa shape index (κ3) is 4.13. The summed E-state index contributed by atoms with van der Waals surface area (Å²) in [7, 11) is -2.22. The van der Waals surface area contributed by atoms with Crippen LogP contribution < -0.4 is 38.2 Å². The van der Waals surface area contributed by atoms with E-state index in [1.54, 1.807) is 0 Å². The number of phenols is 1. The molecule has 0 bridgehead atoms. The van der Waals surface area contributed by atoms with Gasteiger partial charge in [0.1, 0.15) is 23.2 Å². The highest BCUT2D eigenvalue weighted by molar-refractivity contribution is 8.01. The smallest absolute Gasteiger partial charge is 0.159 e. The molecular weight excluding hydrogens is 443 g/mol. The van der Waals surface area contributed by atoms with E-state index < -0.39 is 7.26 Å². The minimum atomic E-state index is -2.22. The topological polar surface area (TPSA) is 51.7 Å². The first-order chi connectivity index (χ1) is 13.2. The van der Waals surface area contributed by atoms with Gasteiger partial charge in [-0.1, -0.05) is 60.7 Å². The zero-order valence-corrected chi connectivity index (χ0v) is 18.6. The number of halogens is 1. The van der Waals surface area contributed by atoms with E-state index in [2.05, 4.69) is 85.8 Å². The fraction of sp³-hybridized carbons (Fsp3) is 0.0400. The van der Waals surface area contributed by atoms with Crippen LogP contribution in [0.2, 0.25) is 0 Å². The molecule has 0 saturated carbocycles. The van der Waals surface area contributed by atoms with E-state index in [4.69, 9.17) is 0 Å². The molecule has 4 aromatic rings. The van der Waals surface area contributed by atoms with Gasteiger partial charge in [0.25, 0.3) is 0 Å². The molecule has 0 fully saturated rings. The van der Waals surface area contributed by atoms with Crippen molar-refractivity contribution >= 4 is 28.5 Å². The van der Waals surface area contributed by atoms with Crippen molar-refractivity contribution in [1.82, 2.24) is 0 Å². The number of phenolic OH excluding ortho intramolecular Hbond substituents is 1. The zero-order chi connectivity index (χ0) is 18.7. The van der Waals surface area contributed by atoms with Gasteiger partial charge in [-0.05, 0) is 61.0 Å². The number of aryl methyl sites for hydroxylation is 1. The minimum Gasteiger partial charge on any atom is -1.00 e. The summed E-state index contributed by atoms with van der Waals surface area (Å²) in [6.45, 7) is 2.08. The number of hydrogen-bond acceptors (Lipinski definition) is 1. The van der Waals surface area contributed by atoms with Crippen LogP contribution in [-0.4, -0.2) is 10.6 Å². The lowest BCUT2D eigenvalue weighted by atomic mass is 10.2. The lowest BCUT2D eigenvalue weighted by Crippen LogP contribution is -3.00. The molecule has 0 atom stereocenters. The van der Waals surface area contributed by atoms with Crippen molar-refractivity contribution in [3.8, 4) is 5.75 Å². The largest absolute Gasteiger partial charge is 1.00 e. The average molecular weight is 467 g/mol. The summed E-state index contributed by atoms with van der Waals surface area (Å²) in [5.41, 5.74) is 1.15. The molecule has 3 N–H and O–H groups in total. The molecule has 0 aliphatic carbocycles. The molecule has 0 radical (unpaired) electrons. The van der Waals surface area contributed by atoms with Crippen LogP contribution in [0.3, 0.4) is 0 Å². The van der Waals surface area contributed by atoms with Gasteiger partial charge in [-0.3, -0.25) is 0 Å². The van der Waals surface area contributed by atoms with E-state index in [0.717, 1.165) is 10.9 Å². The third-order valence-electron chi connectivity index (χ3n) is 4.92. The molecule has 4 aromatic carbocycles. The molecule has 0 heterocycles. The number of rotatable bonds is 4. The van der Waals surface area contributed by atoms with Crippen LogP contribution in [0.25, 0.3) is 0 Å². The Bertz CT molecular complexity index is 941. The molecule has 0 amide bonds. The van der Waals surface area contributed by atoms with Crippen molar-refractivity contribution in [1.29, 1.82) is 0 Å². The quantitative estimate of drug-likeness (QED) is 0.437. The maximum absolute atomic E-state index is 11.0. The third-order valence-corrected chi connectivity index (χ3v) is 9.22. The second-order valence-electron chi connectivity index (χ2n) is 6.67. The summed E-state index contributed by atoms with van der Waals surface area (Å²) >= 11 is 0. The van der Waals surface area contributed by atoms with E-state index in [1.165, 1.54) is 15.9 Å². The minimum absolute atomic E-state index is 0. The van der Waals surface area contributed by atoms with Gasteiger partial charge in [0, 0.05) is 0 Å². The molecule has 148 valence electrons. The van der Waals surface area contributed by atoms with Crippen LogP contribution in [0.15, 0.2) is 109 Å². The van der Waals surface area contributed by atoms with Crippen LogP contribution in [-0.2, 0) is 0 Å². The monoisotopic (exact) mass is 466 g/mol. The molecule has 0 spiro atoms. The van der Waals surface area contributed by atoms with Gasteiger partial charge in [0.15, 0.2) is 11.1 Å². The van der Waals surface area contributed by atoms with Crippen LogP contribution in [0.5, 0.6) is 5.75 Å². The number of aromatic hydroxyl groups is 1. The Morgan fingerprint density at radius 3 is 1.34 bits per heavy atom. The van der Waals surface area contributed by atoms with Crippen molar-refractivity contribution in [3.63, 3.8) is 0 Å². The second kappa shape index (κ2) is 9.84. The summed E-state index contributed by atoms with van der Waals surface area (Å²) in [4.78, 5) is 0. The van der Waals surface area contributed by atoms with Crippen LogP contribution in [0, 0.1) is 6.92 Å². The summed E-state index contributed by atoms with van der Waals surface area (Å²) in [5.74, 6) is 0.352. The maximum Gasteiger partial charge on any atom is 0.159 e. The van der Waals surface area contributed by atoms with E-state index in [-0.39, 0.29) is 22.5 Å². The molecule has 29 heavy (non-hydrogen) atoms. The van der Waals surface area contributed by atoms with Crippen LogP contribution in [0.4, 0.5) is 0 Å². The normalized spacial score (nSPS) is 10.5. The van der Waals surface area contributed by atoms with Crippen molar-refractivity contribution in [2.24, 2.45) is 0 Å². The van der Waals surface area contributed by atoms with Crippen molar-refractivity contribution in [3.05, 3.63) is 115 Å². The molecule has 0 unspecified atom stereocenters. The van der Waals surface area contributed by atoms with Gasteiger partial charge in [-0.15, -0.1) is 0 Å². The molecule has 4 heteroatoms. The van der Waals surface area contributed by atoms with E-state index >= 15 is 0 Å². The summed E-state index contributed by atoms with van der Waals surface area (Å²) < 4.78 is 0. The van der Waals surface area contributed by atoms with E-state index in [0.29, 0.717) is 5.75 Å². The van der Waals surface area contributed by atoms with Gasteiger partial charge in [-0.2, -0.15) is 0 Å². The lowest BCUT2D eigenvalue weighted by molar-refractivity contribution is -0.00000743. The summed E-state index contributed by atoms with van der Waals surface area (Å²) in [6.07, 6.45) is 0. The molecule has 0 aliphatic rings.